The molecule has 7 nitrogen and oxygen atoms in total. The maximum absolute atomic E-state index is 11.2. The Morgan fingerprint density at radius 2 is 1.32 bits per heavy atom. The van der Waals surface area contributed by atoms with Crippen molar-refractivity contribution in [2.75, 3.05) is 5.32 Å². The topological polar surface area (TPSA) is 105 Å². The molecule has 0 atom stereocenters. The van der Waals surface area contributed by atoms with Crippen LogP contribution in [0, 0.1) is 0 Å². The number of aromatic nitrogens is 3. The van der Waals surface area contributed by atoms with Crippen molar-refractivity contribution in [1.82, 2.24) is 15.0 Å². The van der Waals surface area contributed by atoms with Crippen LogP contribution < -0.4 is 5.32 Å². The third-order valence-corrected chi connectivity index (χ3v) is 5.75. The molecule has 34 heavy (non-hydrogen) atoms. The summed E-state index contributed by atoms with van der Waals surface area (Å²) in [6, 6.07) is 23.0. The second kappa shape index (κ2) is 11.9. The number of rotatable bonds is 5. The minimum absolute atomic E-state index is 0.0227. The summed E-state index contributed by atoms with van der Waals surface area (Å²) in [5.41, 5.74) is 2.09. The quantitative estimate of drug-likeness (QED) is 0.217. The van der Waals surface area contributed by atoms with Gasteiger partial charge in [0, 0.05) is 0 Å². The van der Waals surface area contributed by atoms with Gasteiger partial charge < -0.3 is 5.32 Å². The molecule has 0 unspecified atom stereocenters. The van der Waals surface area contributed by atoms with E-state index in [1.807, 2.05) is 42.5 Å². The van der Waals surface area contributed by atoms with Gasteiger partial charge in [-0.3, -0.25) is 4.55 Å². The van der Waals surface area contributed by atoms with Crippen molar-refractivity contribution >= 4 is 68.7 Å². The van der Waals surface area contributed by atoms with Crippen LogP contribution in [0.4, 0.5) is 11.6 Å². The predicted molar refractivity (Wildman–Crippen MR) is 136 cm³/mol. The van der Waals surface area contributed by atoms with Crippen LogP contribution in [0.5, 0.6) is 0 Å². The van der Waals surface area contributed by atoms with Crippen LogP contribution in [0.2, 0.25) is 15.6 Å². The summed E-state index contributed by atoms with van der Waals surface area (Å²) >= 11 is 17.2. The van der Waals surface area contributed by atoms with Crippen LogP contribution in [-0.2, 0) is 10.1 Å². The Kier molecular flexibility index (Phi) is 8.98. The smallest absolute Gasteiger partial charge is 0.295 e. The Morgan fingerprint density at radius 1 is 0.735 bits per heavy atom. The van der Waals surface area contributed by atoms with Crippen LogP contribution in [0.15, 0.2) is 83.8 Å². The van der Waals surface area contributed by atoms with E-state index in [0.29, 0.717) is 16.3 Å². The van der Waals surface area contributed by atoms with Gasteiger partial charge in [0.05, 0.1) is 10.7 Å². The summed E-state index contributed by atoms with van der Waals surface area (Å²) in [5, 5.41) is 3.49. The number of halogens is 3. The summed E-state index contributed by atoms with van der Waals surface area (Å²) < 4.78 is 31.5. The third kappa shape index (κ3) is 7.79. The van der Waals surface area contributed by atoms with Gasteiger partial charge in [-0.2, -0.15) is 23.4 Å². The van der Waals surface area contributed by atoms with Gasteiger partial charge in [0.2, 0.25) is 16.5 Å². The molecule has 0 amide bonds. The van der Waals surface area contributed by atoms with Crippen LogP contribution in [0.1, 0.15) is 11.1 Å². The summed E-state index contributed by atoms with van der Waals surface area (Å²) in [6.07, 6.45) is 3.46. The van der Waals surface area contributed by atoms with Gasteiger partial charge in [-0.15, -0.1) is 0 Å². The number of nitrogens with one attached hydrogen (secondary N) is 1. The molecule has 1 heterocycles. The molecule has 174 valence electrons. The van der Waals surface area contributed by atoms with Gasteiger partial charge in [-0.05, 0) is 52.5 Å². The van der Waals surface area contributed by atoms with Gasteiger partial charge in [0.15, 0.2) is 0 Å². The highest BCUT2D eigenvalue weighted by atomic mass is 35.5. The van der Waals surface area contributed by atoms with Crippen LogP contribution in [0.25, 0.3) is 12.2 Å². The van der Waals surface area contributed by atoms with E-state index in [0.717, 1.165) is 5.56 Å². The Labute approximate surface area is 211 Å². The van der Waals surface area contributed by atoms with Crippen molar-refractivity contribution in [2.24, 2.45) is 0 Å². The molecule has 0 spiro atoms. The molecule has 0 aliphatic heterocycles. The monoisotopic (exact) mass is 534 g/mol. The van der Waals surface area contributed by atoms with Crippen molar-refractivity contribution < 1.29 is 13.0 Å². The average molecular weight is 536 g/mol. The Bertz CT molecular complexity index is 1380. The number of benzene rings is 3. The first-order chi connectivity index (χ1) is 16.2. The molecule has 3 aromatic carbocycles. The summed E-state index contributed by atoms with van der Waals surface area (Å²) in [7, 11) is -4.19. The molecule has 4 rings (SSSR count). The summed E-state index contributed by atoms with van der Waals surface area (Å²) in [6.45, 7) is 0. The van der Waals surface area contributed by atoms with E-state index in [9.17, 15) is 8.42 Å². The Balaban J connectivity index is 0.000000192. The molecule has 2 N–H and O–H groups in total. The number of anilines is 2. The van der Waals surface area contributed by atoms with Crippen molar-refractivity contribution in [3.63, 3.8) is 0 Å². The maximum Gasteiger partial charge on any atom is 0.295 e. The lowest BCUT2D eigenvalue weighted by molar-refractivity contribution is 0.483. The zero-order valence-corrected chi connectivity index (χ0v) is 20.4. The predicted octanol–water partition coefficient (Wildman–Crippen LogP) is 6.68. The molecule has 0 fully saturated rings. The second-order valence-electron chi connectivity index (χ2n) is 6.56. The first kappa shape index (κ1) is 25.6. The first-order valence-corrected chi connectivity index (χ1v) is 12.2. The van der Waals surface area contributed by atoms with Crippen molar-refractivity contribution in [3.05, 3.63) is 106 Å². The normalized spacial score (nSPS) is 11.1. The second-order valence-corrected chi connectivity index (χ2v) is 9.03. The number of nitrogens with zero attached hydrogens (tertiary/aromatic N) is 3. The largest absolute Gasteiger partial charge is 0.323 e. The van der Waals surface area contributed by atoms with Gasteiger partial charge in [-0.1, -0.05) is 84.4 Å². The van der Waals surface area contributed by atoms with Crippen molar-refractivity contribution in [2.45, 2.75) is 4.90 Å². The van der Waals surface area contributed by atoms with Gasteiger partial charge in [-0.25, -0.2) is 0 Å². The molecule has 0 saturated heterocycles. The number of para-hydroxylation sites is 1. The van der Waals surface area contributed by atoms with E-state index in [1.54, 1.807) is 42.5 Å². The lowest BCUT2D eigenvalue weighted by Gasteiger charge is -2.06. The molecule has 0 bridgehead atoms. The van der Waals surface area contributed by atoms with Crippen molar-refractivity contribution in [3.8, 4) is 0 Å². The molecule has 4 aromatic rings. The summed E-state index contributed by atoms with van der Waals surface area (Å²) in [5.74, 6) is 0.248. The fourth-order valence-electron chi connectivity index (χ4n) is 2.67. The fraction of sp³-hybridized carbons (Fsp3) is 0. The van der Waals surface area contributed by atoms with E-state index in [4.69, 9.17) is 39.4 Å². The molecule has 1 aromatic heterocycles. The first-order valence-electron chi connectivity index (χ1n) is 9.60. The third-order valence-electron chi connectivity index (χ3n) is 4.15. The highest BCUT2D eigenvalue weighted by Crippen LogP contribution is 2.24. The van der Waals surface area contributed by atoms with E-state index < -0.39 is 10.1 Å². The van der Waals surface area contributed by atoms with E-state index in [-0.39, 0.29) is 21.4 Å². The Hall–Kier alpha value is -3.01. The van der Waals surface area contributed by atoms with E-state index in [1.165, 1.54) is 6.07 Å². The Morgan fingerprint density at radius 3 is 1.97 bits per heavy atom. The van der Waals surface area contributed by atoms with E-state index >= 15 is 0 Å². The molecule has 0 aliphatic rings. The fourth-order valence-corrected chi connectivity index (χ4v) is 3.90. The zero-order chi connectivity index (χ0) is 24.6. The zero-order valence-electron chi connectivity index (χ0n) is 17.3. The highest BCUT2D eigenvalue weighted by Gasteiger charge is 2.12. The minimum atomic E-state index is -4.19. The van der Waals surface area contributed by atoms with Crippen molar-refractivity contribution in [1.29, 1.82) is 0 Å². The van der Waals surface area contributed by atoms with Crippen LogP contribution >= 0.6 is 34.8 Å². The molecule has 0 saturated carbocycles. The van der Waals surface area contributed by atoms with Crippen LogP contribution in [-0.4, -0.2) is 27.9 Å². The number of hydrogen-bond acceptors (Lipinski definition) is 6. The molecular weight excluding hydrogens is 519 g/mol. The average Bonchev–Trinajstić information content (AvgIpc) is 2.79. The van der Waals surface area contributed by atoms with Crippen LogP contribution in [0.3, 0.4) is 0 Å². The minimum Gasteiger partial charge on any atom is -0.323 e. The van der Waals surface area contributed by atoms with Gasteiger partial charge >= 0.3 is 0 Å². The van der Waals surface area contributed by atoms with Gasteiger partial charge in [0.25, 0.3) is 10.1 Å². The SMILES string of the molecule is Clc1nc(Cl)nc(Nc2ccccc2Cl)n1.O=S(=O)(O)c1ccccc1/C=C/c1ccccc1. The standard InChI is InChI=1S/C14H12O3S.C9H5Cl3N4/c15-18(16,17)14-9-5-4-8-13(14)11-10-12-6-2-1-3-7-12;10-5-3-1-2-4-6(5)13-9-15-7(11)14-8(12)16-9/h1-11H,(H,15,16,17);1-4H,(H,13,14,15,16)/b11-10+;. The highest BCUT2D eigenvalue weighted by molar-refractivity contribution is 7.85. The maximum atomic E-state index is 11.2. The summed E-state index contributed by atoms with van der Waals surface area (Å²) in [4.78, 5) is 11.3. The lowest BCUT2D eigenvalue weighted by Crippen LogP contribution is -2.00. The molecule has 0 radical (unpaired) electrons. The molecule has 11 heteroatoms. The molecule has 0 aliphatic carbocycles. The van der Waals surface area contributed by atoms with E-state index in [2.05, 4.69) is 20.3 Å². The molecular formula is C23H17Cl3N4O3S. The number of hydrogen-bond donors (Lipinski definition) is 2. The van der Waals surface area contributed by atoms with Gasteiger partial charge in [0.1, 0.15) is 4.90 Å². The lowest BCUT2D eigenvalue weighted by atomic mass is 10.1.